The summed E-state index contributed by atoms with van der Waals surface area (Å²) in [5, 5.41) is 16.1. The van der Waals surface area contributed by atoms with Crippen molar-refractivity contribution in [1.82, 2.24) is 9.78 Å². The number of anilines is 2. The predicted molar refractivity (Wildman–Crippen MR) is 68.9 cm³/mol. The van der Waals surface area contributed by atoms with Crippen LogP contribution in [0.5, 0.6) is 5.75 Å². The fourth-order valence-corrected chi connectivity index (χ4v) is 1.79. The molecular formula is C13H13FN4O. The minimum Gasteiger partial charge on any atom is -0.497 e. The smallest absolute Gasteiger partial charge is 0.146 e. The third-order valence-electron chi connectivity index (χ3n) is 2.76. The van der Waals surface area contributed by atoms with E-state index < -0.39 is 5.82 Å². The Balaban J connectivity index is 2.44. The Morgan fingerprint density at radius 1 is 1.47 bits per heavy atom. The number of benzene rings is 1. The summed E-state index contributed by atoms with van der Waals surface area (Å²) in [6.45, 7) is 1.73. The average Bonchev–Trinajstić information content (AvgIpc) is 2.66. The van der Waals surface area contributed by atoms with Gasteiger partial charge in [0, 0.05) is 13.1 Å². The number of aryl methyl sites for hydroxylation is 2. The van der Waals surface area contributed by atoms with Crippen LogP contribution in [0.1, 0.15) is 11.3 Å². The SMILES string of the molecule is COc1ccc(F)c(Nc2c(C#N)c(C)nn2C)c1. The summed E-state index contributed by atoms with van der Waals surface area (Å²) in [5.74, 6) is 0.553. The summed E-state index contributed by atoms with van der Waals surface area (Å²) in [7, 11) is 3.19. The number of nitriles is 1. The van der Waals surface area contributed by atoms with Gasteiger partial charge in [-0.1, -0.05) is 0 Å². The number of halogens is 1. The summed E-state index contributed by atoms with van der Waals surface area (Å²) in [5.41, 5.74) is 1.22. The molecule has 1 aromatic carbocycles. The molecule has 98 valence electrons. The third-order valence-corrected chi connectivity index (χ3v) is 2.76. The summed E-state index contributed by atoms with van der Waals surface area (Å²) in [6.07, 6.45) is 0. The van der Waals surface area contributed by atoms with E-state index in [1.165, 1.54) is 30.0 Å². The lowest BCUT2D eigenvalue weighted by atomic mass is 10.2. The molecular weight excluding hydrogens is 247 g/mol. The Bertz CT molecular complexity index is 657. The third kappa shape index (κ3) is 2.36. The Labute approximate surface area is 110 Å². The highest BCUT2D eigenvalue weighted by Gasteiger charge is 2.14. The highest BCUT2D eigenvalue weighted by molar-refractivity contribution is 5.65. The van der Waals surface area contributed by atoms with Crippen LogP contribution in [0.4, 0.5) is 15.9 Å². The molecule has 5 nitrogen and oxygen atoms in total. The van der Waals surface area contributed by atoms with Gasteiger partial charge in [-0.3, -0.25) is 4.68 Å². The van der Waals surface area contributed by atoms with Crippen LogP contribution in [0, 0.1) is 24.1 Å². The van der Waals surface area contributed by atoms with Gasteiger partial charge in [0.15, 0.2) is 0 Å². The van der Waals surface area contributed by atoms with Gasteiger partial charge in [0.25, 0.3) is 0 Å². The molecule has 0 fully saturated rings. The Morgan fingerprint density at radius 2 is 2.21 bits per heavy atom. The van der Waals surface area contributed by atoms with Gasteiger partial charge < -0.3 is 10.1 Å². The number of hydrogen-bond donors (Lipinski definition) is 1. The maximum atomic E-state index is 13.7. The molecule has 1 aromatic heterocycles. The van der Waals surface area contributed by atoms with Gasteiger partial charge in [-0.25, -0.2) is 4.39 Å². The monoisotopic (exact) mass is 260 g/mol. The zero-order chi connectivity index (χ0) is 14.0. The van der Waals surface area contributed by atoms with Crippen molar-refractivity contribution in [1.29, 1.82) is 5.26 Å². The van der Waals surface area contributed by atoms with Crippen molar-refractivity contribution in [3.8, 4) is 11.8 Å². The number of nitrogens with one attached hydrogen (secondary N) is 1. The molecule has 19 heavy (non-hydrogen) atoms. The van der Waals surface area contributed by atoms with E-state index in [2.05, 4.69) is 16.5 Å². The number of hydrogen-bond acceptors (Lipinski definition) is 4. The second-order valence-corrected chi connectivity index (χ2v) is 4.02. The zero-order valence-electron chi connectivity index (χ0n) is 10.9. The van der Waals surface area contributed by atoms with E-state index in [0.717, 1.165) is 0 Å². The van der Waals surface area contributed by atoms with E-state index in [1.54, 1.807) is 14.0 Å². The van der Waals surface area contributed by atoms with Crippen molar-refractivity contribution in [2.45, 2.75) is 6.92 Å². The summed E-state index contributed by atoms with van der Waals surface area (Å²) in [4.78, 5) is 0. The van der Waals surface area contributed by atoms with E-state index in [9.17, 15) is 4.39 Å². The molecule has 2 aromatic rings. The van der Waals surface area contributed by atoms with Crippen LogP contribution < -0.4 is 10.1 Å². The van der Waals surface area contributed by atoms with Gasteiger partial charge in [-0.15, -0.1) is 0 Å². The largest absolute Gasteiger partial charge is 0.497 e. The molecule has 0 bridgehead atoms. The lowest BCUT2D eigenvalue weighted by Crippen LogP contribution is -2.02. The highest BCUT2D eigenvalue weighted by Crippen LogP contribution is 2.27. The zero-order valence-corrected chi connectivity index (χ0v) is 10.9. The molecule has 0 aliphatic heterocycles. The predicted octanol–water partition coefficient (Wildman–Crippen LogP) is 2.49. The highest BCUT2D eigenvalue weighted by atomic mass is 19.1. The van der Waals surface area contributed by atoms with E-state index >= 15 is 0 Å². The second-order valence-electron chi connectivity index (χ2n) is 4.02. The first-order valence-corrected chi connectivity index (χ1v) is 5.61. The van der Waals surface area contributed by atoms with Crippen LogP contribution in [0.3, 0.4) is 0 Å². The maximum Gasteiger partial charge on any atom is 0.146 e. The molecule has 0 radical (unpaired) electrons. The quantitative estimate of drug-likeness (QED) is 0.921. The Kier molecular flexibility index (Phi) is 3.38. The molecule has 0 saturated heterocycles. The molecule has 1 heterocycles. The molecule has 0 amide bonds. The maximum absolute atomic E-state index is 13.7. The minimum atomic E-state index is -0.427. The van der Waals surface area contributed by atoms with Crippen molar-refractivity contribution in [2.75, 3.05) is 12.4 Å². The van der Waals surface area contributed by atoms with Gasteiger partial charge >= 0.3 is 0 Å². The van der Waals surface area contributed by atoms with E-state index in [4.69, 9.17) is 10.00 Å². The van der Waals surface area contributed by atoms with Crippen molar-refractivity contribution in [3.05, 3.63) is 35.3 Å². The Hall–Kier alpha value is -2.55. The normalized spacial score (nSPS) is 10.1. The van der Waals surface area contributed by atoms with E-state index in [0.29, 0.717) is 22.8 Å². The molecule has 0 unspecified atom stereocenters. The number of rotatable bonds is 3. The lowest BCUT2D eigenvalue weighted by Gasteiger charge is -2.09. The number of nitrogens with zero attached hydrogens (tertiary/aromatic N) is 3. The van der Waals surface area contributed by atoms with Crippen LogP contribution in [0.2, 0.25) is 0 Å². The number of methoxy groups -OCH3 is 1. The van der Waals surface area contributed by atoms with E-state index in [1.807, 2.05) is 0 Å². The van der Waals surface area contributed by atoms with Crippen LogP contribution >= 0.6 is 0 Å². The summed E-state index contributed by atoms with van der Waals surface area (Å²) in [6, 6.07) is 6.41. The van der Waals surface area contributed by atoms with E-state index in [-0.39, 0.29) is 5.69 Å². The van der Waals surface area contributed by atoms with Gasteiger partial charge in [0.2, 0.25) is 0 Å². The summed E-state index contributed by atoms with van der Waals surface area (Å²) >= 11 is 0. The first kappa shape index (κ1) is 12.9. The summed E-state index contributed by atoms with van der Waals surface area (Å²) < 4.78 is 20.3. The topological polar surface area (TPSA) is 62.9 Å². The van der Waals surface area contributed by atoms with Gasteiger partial charge in [-0.2, -0.15) is 10.4 Å². The molecule has 2 rings (SSSR count). The van der Waals surface area contributed by atoms with Crippen molar-refractivity contribution in [3.63, 3.8) is 0 Å². The molecule has 6 heteroatoms. The van der Waals surface area contributed by atoms with Crippen molar-refractivity contribution >= 4 is 11.5 Å². The fraction of sp³-hybridized carbons (Fsp3) is 0.231. The van der Waals surface area contributed by atoms with Crippen LogP contribution in [-0.2, 0) is 7.05 Å². The molecule has 0 saturated carbocycles. The first-order valence-electron chi connectivity index (χ1n) is 5.61. The first-order chi connectivity index (χ1) is 9.06. The van der Waals surface area contributed by atoms with Gasteiger partial charge in [-0.05, 0) is 19.1 Å². The molecule has 1 N–H and O–H groups in total. The minimum absolute atomic E-state index is 0.235. The lowest BCUT2D eigenvalue weighted by molar-refractivity contribution is 0.414. The Morgan fingerprint density at radius 3 is 2.84 bits per heavy atom. The molecule has 0 spiro atoms. The molecule has 0 aliphatic rings. The van der Waals surface area contributed by atoms with Crippen LogP contribution in [-0.4, -0.2) is 16.9 Å². The van der Waals surface area contributed by atoms with Gasteiger partial charge in [0.05, 0.1) is 18.5 Å². The fourth-order valence-electron chi connectivity index (χ4n) is 1.79. The van der Waals surface area contributed by atoms with Crippen molar-refractivity contribution in [2.24, 2.45) is 7.05 Å². The van der Waals surface area contributed by atoms with Gasteiger partial charge in [0.1, 0.15) is 29.0 Å². The standard InChI is InChI=1S/C13H13FN4O/c1-8-10(7-15)13(18(2)17-8)16-12-6-9(19-3)4-5-11(12)14/h4-6,16H,1-3H3. The van der Waals surface area contributed by atoms with Crippen LogP contribution in [0.25, 0.3) is 0 Å². The average molecular weight is 260 g/mol. The second kappa shape index (κ2) is 4.98. The molecule has 0 aliphatic carbocycles. The van der Waals surface area contributed by atoms with Crippen molar-refractivity contribution < 1.29 is 9.13 Å². The number of aromatic nitrogens is 2. The number of ether oxygens (including phenoxy) is 1. The molecule has 0 atom stereocenters. The van der Waals surface area contributed by atoms with Crippen LogP contribution in [0.15, 0.2) is 18.2 Å².